The van der Waals surface area contributed by atoms with Gasteiger partial charge in [-0.05, 0) is 17.5 Å². The predicted molar refractivity (Wildman–Crippen MR) is 93.5 cm³/mol. The zero-order valence-electron chi connectivity index (χ0n) is 13.5. The van der Waals surface area contributed by atoms with Crippen molar-refractivity contribution in [1.82, 2.24) is 10.3 Å². The monoisotopic (exact) mass is 437 g/mol. The smallest absolute Gasteiger partial charge is 0.363 e. The van der Waals surface area contributed by atoms with Gasteiger partial charge in [0.05, 0.1) is 12.1 Å². The molecular weight excluding hydrogens is 428 g/mol. The normalized spacial score (nSPS) is 17.4. The van der Waals surface area contributed by atoms with Crippen molar-refractivity contribution < 1.29 is 31.1 Å². The zero-order valence-corrected chi connectivity index (χ0v) is 15.2. The number of anilines is 1. The Bertz CT molecular complexity index is 1060. The number of carbonyl (C=O) groups is 1. The molecule has 3 aromatic heterocycles. The number of nitrogens with zero attached hydrogens (tertiary/aromatic N) is 1. The van der Waals surface area contributed by atoms with Gasteiger partial charge in [-0.15, -0.1) is 22.7 Å². The molecule has 0 bridgehead atoms. The zero-order chi connectivity index (χ0) is 20.3. The molecule has 12 heteroatoms. The highest BCUT2D eigenvalue weighted by Crippen LogP contribution is 2.46. The van der Waals surface area contributed by atoms with Crippen molar-refractivity contribution in [2.75, 3.05) is 5.32 Å². The van der Waals surface area contributed by atoms with Crippen LogP contribution >= 0.6 is 22.7 Å². The van der Waals surface area contributed by atoms with Crippen molar-refractivity contribution in [2.45, 2.75) is 24.9 Å². The summed E-state index contributed by atoms with van der Waals surface area (Å²) >= 11 is 1.88. The van der Waals surface area contributed by atoms with Crippen molar-refractivity contribution in [1.29, 1.82) is 0 Å². The molecule has 4 rings (SSSR count). The highest BCUT2D eigenvalue weighted by atomic mass is 32.1. The van der Waals surface area contributed by atoms with Crippen LogP contribution in [0.1, 0.15) is 21.8 Å². The molecule has 0 saturated carbocycles. The van der Waals surface area contributed by atoms with Gasteiger partial charge in [0.25, 0.3) is 5.91 Å². The van der Waals surface area contributed by atoms with Crippen LogP contribution in [0.2, 0.25) is 0 Å². The molecule has 0 aliphatic carbocycles. The largest absolute Gasteiger partial charge is 0.433 e. The second-order valence-corrected chi connectivity index (χ2v) is 7.95. The summed E-state index contributed by atoms with van der Waals surface area (Å²) < 4.78 is 78.0. The van der Waals surface area contributed by atoms with E-state index in [1.54, 1.807) is 17.5 Å². The number of carbonyl (C=O) groups excluding carboxylic acids is 1. The summed E-state index contributed by atoms with van der Waals surface area (Å²) in [5.41, 5.74) is -0.894. The Morgan fingerprint density at radius 2 is 1.89 bits per heavy atom. The van der Waals surface area contributed by atoms with E-state index < -0.39 is 36.5 Å². The first-order valence-electron chi connectivity index (χ1n) is 7.76. The van der Waals surface area contributed by atoms with Crippen LogP contribution in [0.25, 0.3) is 20.7 Å². The molecule has 0 fully saturated rings. The summed E-state index contributed by atoms with van der Waals surface area (Å²) in [5, 5.41) is 6.66. The van der Waals surface area contributed by atoms with Gasteiger partial charge in [0, 0.05) is 15.8 Å². The molecule has 28 heavy (non-hydrogen) atoms. The van der Waals surface area contributed by atoms with Gasteiger partial charge in [-0.2, -0.15) is 26.3 Å². The first-order valence-corrected chi connectivity index (χ1v) is 9.45. The summed E-state index contributed by atoms with van der Waals surface area (Å²) in [6, 6.07) is 4.10. The van der Waals surface area contributed by atoms with Crippen molar-refractivity contribution in [2.24, 2.45) is 0 Å². The van der Waals surface area contributed by atoms with Crippen LogP contribution in [0, 0.1) is 0 Å². The molecule has 148 valence electrons. The molecule has 0 saturated heterocycles. The van der Waals surface area contributed by atoms with E-state index in [0.29, 0.717) is 16.2 Å². The fraction of sp³-hybridized carbons (Fsp3) is 0.250. The number of thiophene rings is 2. The van der Waals surface area contributed by atoms with Crippen molar-refractivity contribution in [3.8, 4) is 10.4 Å². The van der Waals surface area contributed by atoms with Crippen LogP contribution in [0.5, 0.6) is 0 Å². The average molecular weight is 437 g/mol. The Morgan fingerprint density at radius 3 is 2.50 bits per heavy atom. The van der Waals surface area contributed by atoms with Crippen molar-refractivity contribution >= 4 is 44.5 Å². The molecular formula is C16H9F6N3OS2. The molecule has 1 aliphatic heterocycles. The van der Waals surface area contributed by atoms with Crippen LogP contribution < -0.4 is 10.6 Å². The fourth-order valence-electron chi connectivity index (χ4n) is 2.93. The molecule has 2 N–H and O–H groups in total. The van der Waals surface area contributed by atoms with Gasteiger partial charge in [0.1, 0.15) is 21.6 Å². The second kappa shape index (κ2) is 6.34. The maximum Gasteiger partial charge on any atom is 0.433 e. The minimum atomic E-state index is -4.71. The quantitative estimate of drug-likeness (QED) is 0.523. The molecule has 4 nitrogen and oxygen atoms in total. The lowest BCUT2D eigenvalue weighted by molar-refractivity contribution is -0.141. The molecule has 1 unspecified atom stereocenters. The Labute approximate surface area is 161 Å². The molecule has 1 amide bonds. The fourth-order valence-corrected chi connectivity index (χ4v) is 4.75. The molecule has 0 aromatic carbocycles. The Hall–Kier alpha value is -2.34. The summed E-state index contributed by atoms with van der Waals surface area (Å²) in [6.07, 6.45) is -12.0. The average Bonchev–Trinajstić information content (AvgIpc) is 3.19. The van der Waals surface area contributed by atoms with Crippen LogP contribution in [-0.4, -0.2) is 23.2 Å². The first-order chi connectivity index (χ1) is 13.0. The molecule has 4 heterocycles. The van der Waals surface area contributed by atoms with Crippen molar-refractivity contribution in [3.05, 3.63) is 34.2 Å². The standard InChI is InChI=1S/C16H9F6N3OS2/c17-15(18,19)5-9-24-11-10-6(7-2-1-3-27-7)4-8(16(20,21)22)23-14(10)28-12(11)13(26)25-9/h1-4,9,24H,5H2,(H,25,26). The van der Waals surface area contributed by atoms with Gasteiger partial charge in [-0.25, -0.2) is 4.98 Å². The third-order valence-corrected chi connectivity index (χ3v) is 5.99. The van der Waals surface area contributed by atoms with Crippen molar-refractivity contribution in [3.63, 3.8) is 0 Å². The van der Waals surface area contributed by atoms with E-state index in [1.807, 2.05) is 0 Å². The van der Waals surface area contributed by atoms with Gasteiger partial charge in [0.15, 0.2) is 0 Å². The number of pyridine rings is 1. The number of aromatic nitrogens is 1. The Kier molecular flexibility index (Phi) is 4.30. The van der Waals surface area contributed by atoms with Gasteiger partial charge in [-0.3, -0.25) is 4.79 Å². The molecule has 1 aliphatic rings. The lowest BCUT2D eigenvalue weighted by atomic mass is 10.1. The Morgan fingerprint density at radius 1 is 1.14 bits per heavy atom. The maximum atomic E-state index is 13.3. The number of rotatable bonds is 2. The number of amides is 1. The van der Waals surface area contributed by atoms with Crippen LogP contribution in [-0.2, 0) is 6.18 Å². The van der Waals surface area contributed by atoms with Crippen LogP contribution in [0.15, 0.2) is 23.6 Å². The number of nitrogens with one attached hydrogen (secondary N) is 2. The van der Waals surface area contributed by atoms with Gasteiger partial charge >= 0.3 is 12.4 Å². The third kappa shape index (κ3) is 3.41. The topological polar surface area (TPSA) is 54.0 Å². The van der Waals surface area contributed by atoms with E-state index in [9.17, 15) is 31.1 Å². The number of hydrogen-bond acceptors (Lipinski definition) is 5. The number of halogens is 6. The van der Waals surface area contributed by atoms with E-state index in [-0.39, 0.29) is 26.3 Å². The van der Waals surface area contributed by atoms with Gasteiger partial charge in [0.2, 0.25) is 0 Å². The first kappa shape index (κ1) is 19.0. The van der Waals surface area contributed by atoms with Crippen LogP contribution in [0.4, 0.5) is 32.0 Å². The highest BCUT2D eigenvalue weighted by Gasteiger charge is 2.39. The predicted octanol–water partition coefficient (Wildman–Crippen LogP) is 5.48. The Balaban J connectivity index is 1.93. The van der Waals surface area contributed by atoms with Crippen LogP contribution in [0.3, 0.4) is 0 Å². The van der Waals surface area contributed by atoms with Gasteiger partial charge in [-0.1, -0.05) is 6.07 Å². The molecule has 0 spiro atoms. The number of alkyl halides is 6. The van der Waals surface area contributed by atoms with E-state index in [0.717, 1.165) is 6.07 Å². The highest BCUT2D eigenvalue weighted by molar-refractivity contribution is 7.21. The SMILES string of the molecule is O=C1NC(CC(F)(F)F)Nc2c1sc1nc(C(F)(F)F)cc(-c3cccs3)c21. The van der Waals surface area contributed by atoms with Gasteiger partial charge < -0.3 is 10.6 Å². The lowest BCUT2D eigenvalue weighted by Gasteiger charge is -2.27. The third-order valence-electron chi connectivity index (χ3n) is 4.00. The van der Waals surface area contributed by atoms with E-state index >= 15 is 0 Å². The lowest BCUT2D eigenvalue weighted by Crippen LogP contribution is -2.46. The summed E-state index contributed by atoms with van der Waals surface area (Å²) in [7, 11) is 0. The summed E-state index contributed by atoms with van der Waals surface area (Å²) in [4.78, 5) is 16.3. The molecule has 1 atom stereocenters. The second-order valence-electron chi connectivity index (χ2n) is 6.01. The number of fused-ring (bicyclic) bond motifs is 3. The van der Waals surface area contributed by atoms with E-state index in [2.05, 4.69) is 15.6 Å². The minimum Gasteiger partial charge on any atom is -0.363 e. The maximum absolute atomic E-state index is 13.3. The molecule has 0 radical (unpaired) electrons. The summed E-state index contributed by atoms with van der Waals surface area (Å²) in [5.74, 6) is -0.781. The molecule has 3 aromatic rings. The minimum absolute atomic E-state index is 0.00180. The number of hydrogen-bond donors (Lipinski definition) is 2. The summed E-state index contributed by atoms with van der Waals surface area (Å²) in [6.45, 7) is 0. The van der Waals surface area contributed by atoms with E-state index in [4.69, 9.17) is 0 Å². The van der Waals surface area contributed by atoms with E-state index in [1.165, 1.54) is 11.3 Å².